The summed E-state index contributed by atoms with van der Waals surface area (Å²) in [5.41, 5.74) is 0. The van der Waals surface area contributed by atoms with Gasteiger partial charge in [0.25, 0.3) is 0 Å². The van der Waals surface area contributed by atoms with E-state index in [4.69, 9.17) is 9.47 Å². The first-order chi connectivity index (χ1) is 14.0. The van der Waals surface area contributed by atoms with Gasteiger partial charge < -0.3 is 14.4 Å². The summed E-state index contributed by atoms with van der Waals surface area (Å²) < 4.78 is 39.6. The molecule has 0 aliphatic carbocycles. The van der Waals surface area contributed by atoms with E-state index in [1.165, 1.54) is 4.31 Å². The second-order valence-corrected chi connectivity index (χ2v) is 9.11. The molecular formula is C21H26N2O5S. The quantitative estimate of drug-likeness (QED) is 0.744. The Hall–Kier alpha value is -2.16. The van der Waals surface area contributed by atoms with Crippen molar-refractivity contribution in [3.05, 3.63) is 36.4 Å². The molecule has 2 aliphatic heterocycles. The molecule has 0 bridgehead atoms. The monoisotopic (exact) mass is 418 g/mol. The van der Waals surface area contributed by atoms with E-state index in [0.717, 1.165) is 5.39 Å². The number of rotatable bonds is 5. The molecular weight excluding hydrogens is 392 g/mol. The Labute approximate surface area is 171 Å². The van der Waals surface area contributed by atoms with Crippen molar-refractivity contribution in [3.8, 4) is 5.75 Å². The minimum atomic E-state index is -3.83. The van der Waals surface area contributed by atoms with Crippen molar-refractivity contribution in [2.24, 2.45) is 0 Å². The van der Waals surface area contributed by atoms with Crippen LogP contribution in [0.4, 0.5) is 0 Å². The maximum absolute atomic E-state index is 13.6. The first kappa shape index (κ1) is 20.1. The fourth-order valence-corrected chi connectivity index (χ4v) is 5.99. The Kier molecular flexibility index (Phi) is 5.76. The highest BCUT2D eigenvalue weighted by atomic mass is 32.2. The van der Waals surface area contributed by atoms with Gasteiger partial charge in [-0.15, -0.1) is 0 Å². The second kappa shape index (κ2) is 8.30. The van der Waals surface area contributed by atoms with E-state index in [1.807, 2.05) is 25.1 Å². The second-order valence-electron chi connectivity index (χ2n) is 7.25. The minimum absolute atomic E-state index is 0.121. The van der Waals surface area contributed by atoms with Crippen LogP contribution in [-0.4, -0.2) is 69.0 Å². The van der Waals surface area contributed by atoms with Crippen LogP contribution < -0.4 is 4.74 Å². The maximum atomic E-state index is 13.6. The van der Waals surface area contributed by atoms with Crippen LogP contribution in [0.5, 0.6) is 5.75 Å². The molecule has 4 rings (SSSR count). The molecule has 0 aromatic heterocycles. The van der Waals surface area contributed by atoms with Crippen molar-refractivity contribution in [2.45, 2.75) is 30.7 Å². The van der Waals surface area contributed by atoms with Crippen molar-refractivity contribution < 1.29 is 22.7 Å². The van der Waals surface area contributed by atoms with E-state index in [2.05, 4.69) is 0 Å². The molecule has 2 aliphatic rings. The summed E-state index contributed by atoms with van der Waals surface area (Å²) in [4.78, 5) is 15.0. The van der Waals surface area contributed by atoms with Crippen LogP contribution in [0.1, 0.15) is 19.8 Å². The fraction of sp³-hybridized carbons (Fsp3) is 0.476. The Bertz CT molecular complexity index is 1000. The van der Waals surface area contributed by atoms with E-state index in [-0.39, 0.29) is 10.8 Å². The number of amides is 1. The van der Waals surface area contributed by atoms with Gasteiger partial charge in [-0.25, -0.2) is 8.42 Å². The van der Waals surface area contributed by atoms with Crippen molar-refractivity contribution in [2.75, 3.05) is 39.5 Å². The third-order valence-electron chi connectivity index (χ3n) is 5.54. The smallest absolute Gasteiger partial charge is 0.244 e. The van der Waals surface area contributed by atoms with Crippen LogP contribution in [0, 0.1) is 0 Å². The molecule has 2 saturated heterocycles. The highest BCUT2D eigenvalue weighted by molar-refractivity contribution is 7.89. The van der Waals surface area contributed by atoms with Crippen LogP contribution >= 0.6 is 0 Å². The van der Waals surface area contributed by atoms with Crippen molar-refractivity contribution in [1.29, 1.82) is 0 Å². The summed E-state index contributed by atoms with van der Waals surface area (Å²) in [6, 6.07) is 9.98. The molecule has 0 saturated carbocycles. The zero-order chi connectivity index (χ0) is 20.4. The van der Waals surface area contributed by atoms with Gasteiger partial charge in [0.05, 0.1) is 24.7 Å². The number of carbonyl (C=O) groups excluding carboxylic acids is 1. The summed E-state index contributed by atoms with van der Waals surface area (Å²) in [6.07, 6.45) is 1.22. The number of morpholine rings is 1. The fourth-order valence-electron chi connectivity index (χ4n) is 4.15. The van der Waals surface area contributed by atoms with Gasteiger partial charge >= 0.3 is 0 Å². The largest absolute Gasteiger partial charge is 0.493 e. The summed E-state index contributed by atoms with van der Waals surface area (Å²) in [7, 11) is -3.83. The van der Waals surface area contributed by atoms with Gasteiger partial charge in [0.15, 0.2) is 0 Å². The van der Waals surface area contributed by atoms with Gasteiger partial charge in [0.1, 0.15) is 11.8 Å². The molecule has 2 aromatic carbocycles. The Morgan fingerprint density at radius 2 is 1.83 bits per heavy atom. The topological polar surface area (TPSA) is 76.2 Å². The zero-order valence-electron chi connectivity index (χ0n) is 16.5. The maximum Gasteiger partial charge on any atom is 0.244 e. The molecule has 7 nitrogen and oxygen atoms in total. The number of hydrogen-bond acceptors (Lipinski definition) is 5. The van der Waals surface area contributed by atoms with E-state index in [0.29, 0.717) is 63.4 Å². The predicted octanol–water partition coefficient (Wildman–Crippen LogP) is 2.25. The SMILES string of the molecule is CCOc1ccc(S(=O)(=O)N2CCCC2C(=O)N2CCOCC2)c2ccccc12. The van der Waals surface area contributed by atoms with Crippen molar-refractivity contribution >= 4 is 26.7 Å². The molecule has 29 heavy (non-hydrogen) atoms. The highest BCUT2D eigenvalue weighted by Crippen LogP contribution is 2.35. The van der Waals surface area contributed by atoms with Crippen LogP contribution in [0.25, 0.3) is 10.8 Å². The van der Waals surface area contributed by atoms with Gasteiger partial charge in [0.2, 0.25) is 15.9 Å². The van der Waals surface area contributed by atoms with Gasteiger partial charge in [-0.1, -0.05) is 24.3 Å². The molecule has 0 N–H and O–H groups in total. The van der Waals surface area contributed by atoms with Crippen molar-refractivity contribution in [1.82, 2.24) is 9.21 Å². The standard InChI is InChI=1S/C21H26N2O5S/c1-2-28-19-9-10-20(17-7-4-3-6-16(17)19)29(25,26)23-11-5-8-18(23)21(24)22-12-14-27-15-13-22/h3-4,6-7,9-10,18H,2,5,8,11-15H2,1H3. The molecule has 0 radical (unpaired) electrons. The molecule has 8 heteroatoms. The molecule has 0 spiro atoms. The molecule has 156 valence electrons. The van der Waals surface area contributed by atoms with Gasteiger partial charge in [-0.3, -0.25) is 4.79 Å². The summed E-state index contributed by atoms with van der Waals surface area (Å²) in [5.74, 6) is 0.536. The number of benzene rings is 2. The lowest BCUT2D eigenvalue weighted by molar-refractivity contribution is -0.138. The first-order valence-corrected chi connectivity index (χ1v) is 11.5. The Morgan fingerprint density at radius 1 is 1.10 bits per heavy atom. The van der Waals surface area contributed by atoms with Crippen LogP contribution in [0.15, 0.2) is 41.3 Å². The van der Waals surface area contributed by atoms with Gasteiger partial charge in [0, 0.05) is 30.4 Å². The molecule has 1 atom stereocenters. The summed E-state index contributed by atoms with van der Waals surface area (Å²) in [5, 5.41) is 1.37. The summed E-state index contributed by atoms with van der Waals surface area (Å²) in [6.45, 7) is 4.75. The number of ether oxygens (including phenoxy) is 2. The minimum Gasteiger partial charge on any atom is -0.493 e. The molecule has 1 unspecified atom stereocenters. The number of sulfonamides is 1. The molecule has 2 aromatic rings. The Balaban J connectivity index is 1.71. The van der Waals surface area contributed by atoms with E-state index < -0.39 is 16.1 Å². The van der Waals surface area contributed by atoms with Crippen molar-refractivity contribution in [3.63, 3.8) is 0 Å². The van der Waals surface area contributed by atoms with Gasteiger partial charge in [-0.2, -0.15) is 4.31 Å². The average Bonchev–Trinajstić information content (AvgIpc) is 3.25. The van der Waals surface area contributed by atoms with Crippen LogP contribution in [0.2, 0.25) is 0 Å². The van der Waals surface area contributed by atoms with E-state index in [1.54, 1.807) is 23.1 Å². The third-order valence-corrected chi connectivity index (χ3v) is 7.51. The summed E-state index contributed by atoms with van der Waals surface area (Å²) >= 11 is 0. The van der Waals surface area contributed by atoms with Gasteiger partial charge in [-0.05, 0) is 31.9 Å². The number of hydrogen-bond donors (Lipinski definition) is 0. The number of nitrogens with zero attached hydrogens (tertiary/aromatic N) is 2. The molecule has 2 heterocycles. The lowest BCUT2D eigenvalue weighted by atomic mass is 10.1. The Morgan fingerprint density at radius 3 is 2.55 bits per heavy atom. The lowest BCUT2D eigenvalue weighted by Crippen LogP contribution is -2.50. The molecule has 1 amide bonds. The van der Waals surface area contributed by atoms with Crippen LogP contribution in [-0.2, 0) is 19.6 Å². The predicted molar refractivity (Wildman–Crippen MR) is 109 cm³/mol. The van der Waals surface area contributed by atoms with E-state index >= 15 is 0 Å². The van der Waals surface area contributed by atoms with Crippen LogP contribution in [0.3, 0.4) is 0 Å². The third kappa shape index (κ3) is 3.72. The molecule has 2 fully saturated rings. The first-order valence-electron chi connectivity index (χ1n) is 10.1. The average molecular weight is 419 g/mol. The number of fused-ring (bicyclic) bond motifs is 1. The lowest BCUT2D eigenvalue weighted by Gasteiger charge is -2.32. The normalized spacial score (nSPS) is 20.9. The zero-order valence-corrected chi connectivity index (χ0v) is 17.4. The highest BCUT2D eigenvalue weighted by Gasteiger charge is 2.42. The van der Waals surface area contributed by atoms with E-state index in [9.17, 15) is 13.2 Å². The number of carbonyl (C=O) groups is 1.